The Morgan fingerprint density at radius 1 is 1.43 bits per heavy atom. The molecular weight excluding hydrogens is 295 g/mol. The van der Waals surface area contributed by atoms with Crippen molar-refractivity contribution in [2.45, 2.75) is 39.7 Å². The first-order valence-corrected chi connectivity index (χ1v) is 5.47. The molecular formula is C10H15IO3. The molecule has 0 aromatic rings. The van der Waals surface area contributed by atoms with Gasteiger partial charge in [-0.1, -0.05) is 6.92 Å². The maximum absolute atomic E-state index is 11.5. The lowest BCUT2D eigenvalue weighted by Gasteiger charge is -2.19. The number of hydrogen-bond donors (Lipinski definition) is 0. The van der Waals surface area contributed by atoms with E-state index in [0.717, 1.165) is 0 Å². The molecule has 80 valence electrons. The number of carbonyl (C=O) groups is 2. The summed E-state index contributed by atoms with van der Waals surface area (Å²) in [6.45, 7) is 7.21. The second-order valence-electron chi connectivity index (χ2n) is 3.81. The number of hydrogen-bond acceptors (Lipinski definition) is 3. The van der Waals surface area contributed by atoms with Gasteiger partial charge in [0, 0.05) is 5.57 Å². The molecule has 0 unspecified atom stereocenters. The van der Waals surface area contributed by atoms with E-state index >= 15 is 0 Å². The number of ether oxygens (including phenoxy) is 1. The summed E-state index contributed by atoms with van der Waals surface area (Å²) in [5.41, 5.74) is -0.0326. The van der Waals surface area contributed by atoms with E-state index in [1.165, 1.54) is 0 Å². The van der Waals surface area contributed by atoms with Crippen LogP contribution in [-0.4, -0.2) is 17.9 Å². The first-order valence-electron chi connectivity index (χ1n) is 4.39. The molecule has 0 heterocycles. The molecule has 0 N–H and O–H groups in total. The number of halogens is 1. The predicted octanol–water partition coefficient (Wildman–Crippen LogP) is 2.63. The highest BCUT2D eigenvalue weighted by molar-refractivity contribution is 14.1. The summed E-state index contributed by atoms with van der Waals surface area (Å²) < 4.78 is 5.49. The van der Waals surface area contributed by atoms with Crippen molar-refractivity contribution in [3.63, 3.8) is 0 Å². The third-order valence-electron chi connectivity index (χ3n) is 1.38. The lowest BCUT2D eigenvalue weighted by Crippen LogP contribution is -2.24. The molecule has 0 aliphatic rings. The van der Waals surface area contributed by atoms with E-state index in [-0.39, 0.29) is 0 Å². The van der Waals surface area contributed by atoms with Crippen LogP contribution in [0.15, 0.2) is 9.15 Å². The van der Waals surface area contributed by atoms with Crippen molar-refractivity contribution in [1.29, 1.82) is 0 Å². The van der Waals surface area contributed by atoms with Gasteiger partial charge in [-0.3, -0.25) is 4.79 Å². The average molecular weight is 310 g/mol. The predicted molar refractivity (Wildman–Crippen MR) is 63.2 cm³/mol. The number of esters is 1. The van der Waals surface area contributed by atoms with Crippen molar-refractivity contribution in [1.82, 2.24) is 0 Å². The van der Waals surface area contributed by atoms with E-state index in [0.29, 0.717) is 21.9 Å². The average Bonchev–Trinajstić information content (AvgIpc) is 2.03. The highest BCUT2D eigenvalue weighted by atomic mass is 127. The molecule has 0 bridgehead atoms. The molecule has 0 saturated heterocycles. The van der Waals surface area contributed by atoms with Gasteiger partial charge in [-0.15, -0.1) is 0 Å². The van der Waals surface area contributed by atoms with E-state index in [2.05, 4.69) is 0 Å². The third kappa shape index (κ3) is 4.74. The van der Waals surface area contributed by atoms with Crippen LogP contribution in [0, 0.1) is 0 Å². The zero-order valence-corrected chi connectivity index (χ0v) is 11.0. The van der Waals surface area contributed by atoms with Crippen molar-refractivity contribution in [2.75, 3.05) is 0 Å². The Balaban J connectivity index is 4.69. The first kappa shape index (κ1) is 13.6. The molecule has 0 amide bonds. The number of carbonyl (C=O) groups excluding carboxylic acids is 2. The number of aldehydes is 1. The van der Waals surface area contributed by atoms with Gasteiger partial charge in [0.05, 0.1) is 0 Å². The largest absolute Gasteiger partial charge is 0.456 e. The van der Waals surface area contributed by atoms with Crippen molar-refractivity contribution < 1.29 is 14.3 Å². The van der Waals surface area contributed by atoms with Gasteiger partial charge in [-0.05, 0) is 49.8 Å². The summed E-state index contributed by atoms with van der Waals surface area (Å²) in [6, 6.07) is 0. The second-order valence-corrected chi connectivity index (χ2v) is 4.89. The summed E-state index contributed by atoms with van der Waals surface area (Å²) in [5.74, 6) is -0.429. The van der Waals surface area contributed by atoms with E-state index in [4.69, 9.17) is 4.74 Å². The topological polar surface area (TPSA) is 43.4 Å². The lowest BCUT2D eigenvalue weighted by atomic mass is 10.2. The molecule has 0 rings (SSSR count). The minimum absolute atomic E-state index is 0.370. The Bertz CT molecular complexity index is 261. The van der Waals surface area contributed by atoms with Crippen LogP contribution in [0.4, 0.5) is 0 Å². The van der Waals surface area contributed by atoms with Gasteiger partial charge in [0.1, 0.15) is 15.5 Å². The summed E-state index contributed by atoms with van der Waals surface area (Å²) in [5, 5.41) is 0. The molecule has 0 radical (unpaired) electrons. The van der Waals surface area contributed by atoms with Crippen LogP contribution in [0.5, 0.6) is 0 Å². The van der Waals surface area contributed by atoms with E-state index in [9.17, 15) is 9.59 Å². The van der Waals surface area contributed by atoms with Gasteiger partial charge >= 0.3 is 5.97 Å². The minimum Gasteiger partial charge on any atom is -0.456 e. The number of allylic oxidation sites excluding steroid dienone is 1. The molecule has 0 aliphatic heterocycles. The Hall–Kier alpha value is -0.390. The van der Waals surface area contributed by atoms with E-state index in [1.54, 1.807) is 20.8 Å². The van der Waals surface area contributed by atoms with Crippen molar-refractivity contribution in [3.05, 3.63) is 9.15 Å². The fourth-order valence-corrected chi connectivity index (χ4v) is 1.36. The Labute approximate surface area is 98.0 Å². The minimum atomic E-state index is -0.519. The SMILES string of the molecule is CC/C(C=O)=C(/I)C(=O)OC(C)(C)C. The maximum atomic E-state index is 11.5. The fourth-order valence-electron chi connectivity index (χ4n) is 0.744. The Morgan fingerprint density at radius 3 is 2.21 bits per heavy atom. The van der Waals surface area contributed by atoms with Crippen molar-refractivity contribution in [3.8, 4) is 0 Å². The highest BCUT2D eigenvalue weighted by Crippen LogP contribution is 2.19. The van der Waals surface area contributed by atoms with Gasteiger partial charge < -0.3 is 4.74 Å². The zero-order valence-electron chi connectivity index (χ0n) is 8.89. The van der Waals surface area contributed by atoms with Crippen molar-refractivity contribution in [2.24, 2.45) is 0 Å². The van der Waals surface area contributed by atoms with Crippen LogP contribution in [0.25, 0.3) is 0 Å². The van der Waals surface area contributed by atoms with Crippen LogP contribution < -0.4 is 0 Å². The molecule has 3 nitrogen and oxygen atoms in total. The van der Waals surface area contributed by atoms with Crippen LogP contribution >= 0.6 is 22.6 Å². The van der Waals surface area contributed by atoms with Crippen LogP contribution in [0.2, 0.25) is 0 Å². The van der Waals surface area contributed by atoms with Crippen LogP contribution in [0.3, 0.4) is 0 Å². The van der Waals surface area contributed by atoms with Gasteiger partial charge in [0.25, 0.3) is 0 Å². The summed E-state index contributed by atoms with van der Waals surface area (Å²) >= 11 is 1.84. The smallest absolute Gasteiger partial charge is 0.345 e. The molecule has 14 heavy (non-hydrogen) atoms. The zero-order chi connectivity index (χ0) is 11.4. The lowest BCUT2D eigenvalue weighted by molar-refractivity contribution is -0.148. The fraction of sp³-hybridized carbons (Fsp3) is 0.600. The quantitative estimate of drug-likeness (QED) is 0.348. The molecule has 0 aromatic heterocycles. The van der Waals surface area contributed by atoms with E-state index in [1.807, 2.05) is 29.5 Å². The summed E-state index contributed by atoms with van der Waals surface area (Å²) in [6.07, 6.45) is 1.24. The van der Waals surface area contributed by atoms with Gasteiger partial charge in [0.15, 0.2) is 0 Å². The molecule has 0 atom stereocenters. The standard InChI is InChI=1S/C10H15IO3/c1-5-7(6-12)8(11)9(13)14-10(2,3)4/h6H,5H2,1-4H3/b8-7-. The summed E-state index contributed by atoms with van der Waals surface area (Å²) in [7, 11) is 0. The van der Waals surface area contributed by atoms with Gasteiger partial charge in [-0.2, -0.15) is 0 Å². The van der Waals surface area contributed by atoms with Gasteiger partial charge in [-0.25, -0.2) is 4.79 Å². The highest BCUT2D eigenvalue weighted by Gasteiger charge is 2.20. The second kappa shape index (κ2) is 5.48. The first-order chi connectivity index (χ1) is 6.31. The summed E-state index contributed by atoms with van der Waals surface area (Å²) in [4.78, 5) is 22.0. The molecule has 0 spiro atoms. The van der Waals surface area contributed by atoms with Crippen molar-refractivity contribution >= 4 is 34.8 Å². The third-order valence-corrected chi connectivity index (χ3v) is 2.52. The van der Waals surface area contributed by atoms with Crippen LogP contribution in [-0.2, 0) is 14.3 Å². The van der Waals surface area contributed by atoms with E-state index < -0.39 is 11.6 Å². The Kier molecular flexibility index (Phi) is 5.33. The van der Waals surface area contributed by atoms with Crippen LogP contribution in [0.1, 0.15) is 34.1 Å². The maximum Gasteiger partial charge on any atom is 0.345 e. The normalized spacial score (nSPS) is 13.2. The number of rotatable bonds is 3. The monoisotopic (exact) mass is 310 g/mol. The molecule has 0 aliphatic carbocycles. The Morgan fingerprint density at radius 2 is 1.93 bits per heavy atom. The molecule has 0 saturated carbocycles. The van der Waals surface area contributed by atoms with Gasteiger partial charge in [0.2, 0.25) is 0 Å². The molecule has 0 aromatic carbocycles. The molecule has 0 fully saturated rings. The molecule has 4 heteroatoms.